The Morgan fingerprint density at radius 1 is 1.17 bits per heavy atom. The summed E-state index contributed by atoms with van der Waals surface area (Å²) in [4.78, 5) is 0. The Kier molecular flexibility index (Phi) is 3.69. The lowest BCUT2D eigenvalue weighted by Gasteiger charge is -2.27. The lowest BCUT2D eigenvalue weighted by molar-refractivity contribution is 0.280. The third-order valence-electron chi connectivity index (χ3n) is 5.08. The van der Waals surface area contributed by atoms with Crippen molar-refractivity contribution in [1.29, 1.82) is 0 Å². The summed E-state index contributed by atoms with van der Waals surface area (Å²) in [5, 5.41) is 3.69. The Balaban J connectivity index is 1.67. The number of benzene rings is 1. The highest BCUT2D eigenvalue weighted by Crippen LogP contribution is 2.50. The van der Waals surface area contributed by atoms with Crippen molar-refractivity contribution in [3.8, 4) is 0 Å². The van der Waals surface area contributed by atoms with Gasteiger partial charge in [-0.1, -0.05) is 43.7 Å². The molecule has 1 heteroatoms. The molecule has 1 N–H and O–H groups in total. The van der Waals surface area contributed by atoms with Crippen molar-refractivity contribution in [2.45, 2.75) is 45.1 Å². The number of rotatable bonds is 5. The quantitative estimate of drug-likeness (QED) is 0.818. The zero-order chi connectivity index (χ0) is 12.4. The fraction of sp³-hybridized carbons (Fsp3) is 0.647. The largest absolute Gasteiger partial charge is 0.310 e. The second-order valence-corrected chi connectivity index (χ2v) is 6.19. The van der Waals surface area contributed by atoms with Crippen molar-refractivity contribution in [2.24, 2.45) is 17.8 Å². The average molecular weight is 243 g/mol. The van der Waals surface area contributed by atoms with Gasteiger partial charge in [0.1, 0.15) is 0 Å². The second-order valence-electron chi connectivity index (χ2n) is 6.19. The minimum absolute atomic E-state index is 0.570. The van der Waals surface area contributed by atoms with Gasteiger partial charge in [-0.2, -0.15) is 0 Å². The Hall–Kier alpha value is -0.820. The molecule has 1 aromatic rings. The third-order valence-corrected chi connectivity index (χ3v) is 5.08. The van der Waals surface area contributed by atoms with Crippen molar-refractivity contribution in [1.82, 2.24) is 5.32 Å². The van der Waals surface area contributed by atoms with Crippen molar-refractivity contribution in [2.75, 3.05) is 6.54 Å². The molecule has 0 saturated heterocycles. The van der Waals surface area contributed by atoms with Gasteiger partial charge in [0.25, 0.3) is 0 Å². The SMILES string of the molecule is CCNC(CC1CC2CCC1C2)c1ccccc1. The molecule has 2 aliphatic carbocycles. The van der Waals surface area contributed by atoms with E-state index in [1.165, 1.54) is 37.7 Å². The maximum absolute atomic E-state index is 3.69. The van der Waals surface area contributed by atoms with Gasteiger partial charge in [-0.25, -0.2) is 0 Å². The van der Waals surface area contributed by atoms with Gasteiger partial charge in [-0.05, 0) is 55.5 Å². The fourth-order valence-electron chi connectivity index (χ4n) is 4.24. The van der Waals surface area contributed by atoms with E-state index in [1.54, 1.807) is 0 Å². The van der Waals surface area contributed by atoms with Crippen molar-refractivity contribution in [3.05, 3.63) is 35.9 Å². The zero-order valence-corrected chi connectivity index (χ0v) is 11.4. The van der Waals surface area contributed by atoms with E-state index in [9.17, 15) is 0 Å². The molecule has 18 heavy (non-hydrogen) atoms. The van der Waals surface area contributed by atoms with Gasteiger partial charge in [0.15, 0.2) is 0 Å². The topological polar surface area (TPSA) is 12.0 Å². The van der Waals surface area contributed by atoms with Crippen molar-refractivity contribution >= 4 is 0 Å². The highest BCUT2D eigenvalue weighted by molar-refractivity contribution is 5.19. The Morgan fingerprint density at radius 3 is 2.61 bits per heavy atom. The van der Waals surface area contributed by atoms with Crippen LogP contribution in [0.15, 0.2) is 30.3 Å². The van der Waals surface area contributed by atoms with Crippen LogP contribution >= 0.6 is 0 Å². The fourth-order valence-corrected chi connectivity index (χ4v) is 4.24. The summed E-state index contributed by atoms with van der Waals surface area (Å²) in [6.45, 7) is 3.29. The van der Waals surface area contributed by atoms with Crippen LogP contribution in [-0.2, 0) is 0 Å². The minimum Gasteiger partial charge on any atom is -0.310 e. The van der Waals surface area contributed by atoms with Crippen LogP contribution in [0.2, 0.25) is 0 Å². The van der Waals surface area contributed by atoms with Crippen LogP contribution in [-0.4, -0.2) is 6.54 Å². The Labute approximate surface area is 111 Å². The molecule has 0 aromatic heterocycles. The normalized spacial score (nSPS) is 31.7. The first-order valence-electron chi connectivity index (χ1n) is 7.65. The zero-order valence-electron chi connectivity index (χ0n) is 11.4. The molecule has 0 spiro atoms. The molecule has 0 aliphatic heterocycles. The molecule has 0 heterocycles. The summed E-state index contributed by atoms with van der Waals surface area (Å²) in [6.07, 6.45) is 7.39. The molecule has 2 fully saturated rings. The smallest absolute Gasteiger partial charge is 0.0322 e. The average Bonchev–Trinajstić information content (AvgIpc) is 3.01. The summed E-state index contributed by atoms with van der Waals surface area (Å²) < 4.78 is 0. The highest BCUT2D eigenvalue weighted by atomic mass is 14.9. The first kappa shape index (κ1) is 12.2. The van der Waals surface area contributed by atoms with Crippen molar-refractivity contribution < 1.29 is 0 Å². The van der Waals surface area contributed by atoms with E-state index in [4.69, 9.17) is 0 Å². The van der Waals surface area contributed by atoms with E-state index in [0.29, 0.717) is 6.04 Å². The standard InChI is InChI=1S/C17H25N/c1-2-18-17(14-6-4-3-5-7-14)12-16-11-13-8-9-15(16)10-13/h3-7,13,15-18H,2,8-12H2,1H3. The summed E-state index contributed by atoms with van der Waals surface area (Å²) in [7, 11) is 0. The monoisotopic (exact) mass is 243 g/mol. The molecule has 1 aromatic carbocycles. The molecule has 2 aliphatic rings. The van der Waals surface area contributed by atoms with E-state index < -0.39 is 0 Å². The molecule has 3 rings (SSSR count). The molecule has 0 radical (unpaired) electrons. The third kappa shape index (κ3) is 2.47. The van der Waals surface area contributed by atoms with Crippen LogP contribution in [0.4, 0.5) is 0 Å². The van der Waals surface area contributed by atoms with Crippen LogP contribution in [0, 0.1) is 17.8 Å². The predicted molar refractivity (Wildman–Crippen MR) is 76.4 cm³/mol. The van der Waals surface area contributed by atoms with E-state index in [2.05, 4.69) is 42.6 Å². The van der Waals surface area contributed by atoms with Crippen LogP contribution in [0.3, 0.4) is 0 Å². The number of nitrogens with one attached hydrogen (secondary N) is 1. The summed E-state index contributed by atoms with van der Waals surface area (Å²) >= 11 is 0. The molecule has 4 atom stereocenters. The highest BCUT2D eigenvalue weighted by Gasteiger charge is 2.40. The van der Waals surface area contributed by atoms with E-state index >= 15 is 0 Å². The number of hydrogen-bond acceptors (Lipinski definition) is 1. The van der Waals surface area contributed by atoms with Gasteiger partial charge < -0.3 is 5.32 Å². The van der Waals surface area contributed by atoms with Gasteiger partial charge in [0.05, 0.1) is 0 Å². The maximum Gasteiger partial charge on any atom is 0.0322 e. The van der Waals surface area contributed by atoms with Gasteiger partial charge >= 0.3 is 0 Å². The lowest BCUT2D eigenvalue weighted by Crippen LogP contribution is -2.25. The van der Waals surface area contributed by atoms with E-state index in [0.717, 1.165) is 24.3 Å². The van der Waals surface area contributed by atoms with Gasteiger partial charge in [-0.3, -0.25) is 0 Å². The number of fused-ring (bicyclic) bond motifs is 2. The molecular weight excluding hydrogens is 218 g/mol. The summed E-state index contributed by atoms with van der Waals surface area (Å²) in [5.74, 6) is 3.09. The van der Waals surface area contributed by atoms with Gasteiger partial charge in [0, 0.05) is 6.04 Å². The molecule has 98 valence electrons. The Morgan fingerprint density at radius 2 is 2.00 bits per heavy atom. The van der Waals surface area contributed by atoms with Crippen LogP contribution in [0.25, 0.3) is 0 Å². The molecule has 2 bridgehead atoms. The lowest BCUT2D eigenvalue weighted by atomic mass is 9.83. The van der Waals surface area contributed by atoms with Crippen LogP contribution in [0.5, 0.6) is 0 Å². The molecular formula is C17H25N. The first-order chi connectivity index (χ1) is 8.86. The minimum atomic E-state index is 0.570. The maximum atomic E-state index is 3.69. The van der Waals surface area contributed by atoms with Crippen LogP contribution in [0.1, 0.15) is 50.6 Å². The van der Waals surface area contributed by atoms with Gasteiger partial charge in [-0.15, -0.1) is 0 Å². The second kappa shape index (κ2) is 5.44. The predicted octanol–water partition coefficient (Wildman–Crippen LogP) is 4.16. The summed E-state index contributed by atoms with van der Waals surface area (Å²) in [6, 6.07) is 11.6. The molecule has 2 saturated carbocycles. The first-order valence-corrected chi connectivity index (χ1v) is 7.65. The van der Waals surface area contributed by atoms with Crippen LogP contribution < -0.4 is 5.32 Å². The molecule has 0 amide bonds. The van der Waals surface area contributed by atoms with E-state index in [-0.39, 0.29) is 0 Å². The Bertz CT molecular complexity index is 372. The summed E-state index contributed by atoms with van der Waals surface area (Å²) in [5.41, 5.74) is 1.47. The molecule has 1 nitrogen and oxygen atoms in total. The van der Waals surface area contributed by atoms with Gasteiger partial charge in [0.2, 0.25) is 0 Å². The molecule has 4 unspecified atom stereocenters. The number of hydrogen-bond donors (Lipinski definition) is 1. The van der Waals surface area contributed by atoms with Crippen molar-refractivity contribution in [3.63, 3.8) is 0 Å². The van der Waals surface area contributed by atoms with E-state index in [1.807, 2.05) is 0 Å².